The van der Waals surface area contributed by atoms with Gasteiger partial charge in [0, 0.05) is 19.7 Å². The van der Waals surface area contributed by atoms with Crippen LogP contribution >= 0.6 is 12.2 Å². The van der Waals surface area contributed by atoms with Crippen molar-refractivity contribution in [3.63, 3.8) is 0 Å². The van der Waals surface area contributed by atoms with Gasteiger partial charge in [-0.1, -0.05) is 13.8 Å². The second-order valence-corrected chi connectivity index (χ2v) is 4.68. The van der Waals surface area contributed by atoms with Crippen molar-refractivity contribution < 1.29 is 4.74 Å². The van der Waals surface area contributed by atoms with Gasteiger partial charge in [-0.3, -0.25) is 0 Å². The molecule has 1 aliphatic carbocycles. The van der Waals surface area contributed by atoms with Crippen molar-refractivity contribution >= 4 is 17.3 Å². The van der Waals surface area contributed by atoms with Gasteiger partial charge in [0.2, 0.25) is 0 Å². The molecule has 0 saturated heterocycles. The third kappa shape index (κ3) is 3.80. The summed E-state index contributed by atoms with van der Waals surface area (Å²) in [5.41, 5.74) is 0. The lowest BCUT2D eigenvalue weighted by Gasteiger charge is -2.35. The Balaban J connectivity index is 2.04. The summed E-state index contributed by atoms with van der Waals surface area (Å²) in [5, 5.41) is 7.25. The zero-order valence-corrected chi connectivity index (χ0v) is 9.99. The molecule has 1 fully saturated rings. The summed E-state index contributed by atoms with van der Waals surface area (Å²) in [5.74, 6) is 0.628. The number of hydrogen-bond acceptors (Lipinski definition) is 2. The average molecular weight is 216 g/mol. The second-order valence-electron chi connectivity index (χ2n) is 4.27. The molecule has 2 N–H and O–H groups in total. The van der Waals surface area contributed by atoms with Crippen LogP contribution in [0.1, 0.15) is 26.7 Å². The minimum atomic E-state index is 0.431. The number of thiocarbonyl (C=S) groups is 1. The molecule has 4 heteroatoms. The van der Waals surface area contributed by atoms with E-state index in [1.165, 1.54) is 0 Å². The summed E-state index contributed by atoms with van der Waals surface area (Å²) < 4.78 is 5.19. The van der Waals surface area contributed by atoms with Crippen LogP contribution < -0.4 is 10.6 Å². The molecule has 0 atom stereocenters. The van der Waals surface area contributed by atoms with Gasteiger partial charge in [0.25, 0.3) is 0 Å². The minimum Gasteiger partial charge on any atom is -0.381 e. The van der Waals surface area contributed by atoms with E-state index in [0.29, 0.717) is 18.1 Å². The smallest absolute Gasteiger partial charge is 0.166 e. The maximum absolute atomic E-state index is 5.19. The molecule has 0 aromatic carbocycles. The Morgan fingerprint density at radius 1 is 1.50 bits per heavy atom. The topological polar surface area (TPSA) is 33.3 Å². The maximum atomic E-state index is 5.19. The largest absolute Gasteiger partial charge is 0.381 e. The van der Waals surface area contributed by atoms with Gasteiger partial charge in [0.1, 0.15) is 0 Å². The van der Waals surface area contributed by atoms with Gasteiger partial charge in [0.05, 0.1) is 6.10 Å². The lowest BCUT2D eigenvalue weighted by Crippen LogP contribution is -2.51. The van der Waals surface area contributed by atoms with Crippen LogP contribution in [0.2, 0.25) is 0 Å². The van der Waals surface area contributed by atoms with E-state index in [9.17, 15) is 0 Å². The summed E-state index contributed by atoms with van der Waals surface area (Å²) in [6.07, 6.45) is 2.57. The predicted octanol–water partition coefficient (Wildman–Crippen LogP) is 1.28. The molecule has 0 heterocycles. The maximum Gasteiger partial charge on any atom is 0.166 e. The highest BCUT2D eigenvalue weighted by molar-refractivity contribution is 7.80. The number of methoxy groups -OCH3 is 1. The Labute approximate surface area is 91.6 Å². The summed E-state index contributed by atoms with van der Waals surface area (Å²) >= 11 is 5.16. The first-order valence-corrected chi connectivity index (χ1v) is 5.59. The zero-order valence-electron chi connectivity index (χ0n) is 9.17. The van der Waals surface area contributed by atoms with Crippen molar-refractivity contribution in [2.24, 2.45) is 5.92 Å². The molecule has 0 unspecified atom stereocenters. The molecule has 82 valence electrons. The van der Waals surface area contributed by atoms with Crippen molar-refractivity contribution in [1.29, 1.82) is 0 Å². The Hall–Kier alpha value is -0.350. The fourth-order valence-corrected chi connectivity index (χ4v) is 1.66. The third-order valence-electron chi connectivity index (χ3n) is 2.43. The Morgan fingerprint density at radius 2 is 2.14 bits per heavy atom. The minimum absolute atomic E-state index is 0.431. The van der Waals surface area contributed by atoms with E-state index in [2.05, 4.69) is 24.5 Å². The van der Waals surface area contributed by atoms with Gasteiger partial charge >= 0.3 is 0 Å². The average Bonchev–Trinajstić information content (AvgIpc) is 2.07. The van der Waals surface area contributed by atoms with Gasteiger partial charge in [0.15, 0.2) is 5.11 Å². The van der Waals surface area contributed by atoms with Crippen LogP contribution in [0.3, 0.4) is 0 Å². The summed E-state index contributed by atoms with van der Waals surface area (Å²) in [6.45, 7) is 5.27. The zero-order chi connectivity index (χ0) is 10.6. The molecule has 3 nitrogen and oxygen atoms in total. The lowest BCUT2D eigenvalue weighted by atomic mass is 9.89. The summed E-state index contributed by atoms with van der Waals surface area (Å²) in [6, 6.07) is 0.507. The van der Waals surface area contributed by atoms with Crippen molar-refractivity contribution in [1.82, 2.24) is 10.6 Å². The van der Waals surface area contributed by atoms with Crippen LogP contribution in [0, 0.1) is 5.92 Å². The van der Waals surface area contributed by atoms with Gasteiger partial charge in [-0.15, -0.1) is 0 Å². The van der Waals surface area contributed by atoms with Crippen LogP contribution in [0.5, 0.6) is 0 Å². The number of rotatable bonds is 4. The second kappa shape index (κ2) is 5.51. The number of ether oxygens (including phenoxy) is 1. The van der Waals surface area contributed by atoms with Gasteiger partial charge in [-0.25, -0.2) is 0 Å². The molecule has 0 amide bonds. The summed E-state index contributed by atoms with van der Waals surface area (Å²) in [4.78, 5) is 0. The van der Waals surface area contributed by atoms with Crippen molar-refractivity contribution in [2.45, 2.75) is 38.8 Å². The molecule has 1 aliphatic rings. The fraction of sp³-hybridized carbons (Fsp3) is 0.900. The third-order valence-corrected chi connectivity index (χ3v) is 2.70. The van der Waals surface area contributed by atoms with Crippen LogP contribution in [-0.2, 0) is 4.74 Å². The quantitative estimate of drug-likeness (QED) is 0.694. The van der Waals surface area contributed by atoms with Crippen LogP contribution in [0.15, 0.2) is 0 Å². The van der Waals surface area contributed by atoms with Crippen molar-refractivity contribution in [2.75, 3.05) is 13.7 Å². The van der Waals surface area contributed by atoms with Gasteiger partial charge in [-0.2, -0.15) is 0 Å². The van der Waals surface area contributed by atoms with E-state index in [1.807, 2.05) is 0 Å². The van der Waals surface area contributed by atoms with Crippen molar-refractivity contribution in [3.8, 4) is 0 Å². The van der Waals surface area contributed by atoms with Gasteiger partial charge < -0.3 is 15.4 Å². The molecule has 0 aromatic heterocycles. The van der Waals surface area contributed by atoms with E-state index < -0.39 is 0 Å². The standard InChI is InChI=1S/C10H20N2OS/c1-7(2)6-11-10(14)12-8-4-9(5-8)13-3/h7-9H,4-6H2,1-3H3,(H2,11,12,14). The van der Waals surface area contributed by atoms with E-state index in [4.69, 9.17) is 17.0 Å². The highest BCUT2D eigenvalue weighted by Gasteiger charge is 2.29. The monoisotopic (exact) mass is 216 g/mol. The first-order valence-electron chi connectivity index (χ1n) is 5.19. The molecule has 1 saturated carbocycles. The van der Waals surface area contributed by atoms with Crippen LogP contribution in [0.25, 0.3) is 0 Å². The first kappa shape index (κ1) is 11.7. The Kier molecular flexibility index (Phi) is 4.62. The molecule has 0 radical (unpaired) electrons. The molecular weight excluding hydrogens is 196 g/mol. The number of nitrogens with one attached hydrogen (secondary N) is 2. The molecule has 0 aliphatic heterocycles. The molecule has 1 rings (SSSR count). The normalized spacial score (nSPS) is 25.7. The van der Waals surface area contributed by atoms with E-state index in [1.54, 1.807) is 7.11 Å². The molecule has 0 bridgehead atoms. The molecule has 14 heavy (non-hydrogen) atoms. The molecule has 0 spiro atoms. The van der Waals surface area contributed by atoms with E-state index in [0.717, 1.165) is 24.5 Å². The Morgan fingerprint density at radius 3 is 2.64 bits per heavy atom. The van der Waals surface area contributed by atoms with Gasteiger partial charge in [-0.05, 0) is 31.0 Å². The highest BCUT2D eigenvalue weighted by Crippen LogP contribution is 2.22. The SMILES string of the molecule is COC1CC(NC(=S)NCC(C)C)C1. The molecular formula is C10H20N2OS. The van der Waals surface area contributed by atoms with Crippen LogP contribution in [-0.4, -0.2) is 30.9 Å². The fourth-order valence-electron chi connectivity index (χ4n) is 1.41. The number of hydrogen-bond donors (Lipinski definition) is 2. The lowest BCUT2D eigenvalue weighted by molar-refractivity contribution is 0.0226. The highest BCUT2D eigenvalue weighted by atomic mass is 32.1. The van der Waals surface area contributed by atoms with E-state index >= 15 is 0 Å². The molecule has 0 aromatic rings. The van der Waals surface area contributed by atoms with Crippen LogP contribution in [0.4, 0.5) is 0 Å². The summed E-state index contributed by atoms with van der Waals surface area (Å²) in [7, 11) is 1.76. The van der Waals surface area contributed by atoms with Crippen molar-refractivity contribution in [3.05, 3.63) is 0 Å². The first-order chi connectivity index (χ1) is 6.61. The Bertz CT molecular complexity index is 191. The van der Waals surface area contributed by atoms with E-state index in [-0.39, 0.29) is 0 Å². The predicted molar refractivity (Wildman–Crippen MR) is 62.4 cm³/mol.